The fraction of sp³-hybridized carbons (Fsp3) is 0.211. The average Bonchev–Trinajstić information content (AvgIpc) is 3.00. The van der Waals surface area contributed by atoms with E-state index in [0.717, 1.165) is 16.5 Å². The van der Waals surface area contributed by atoms with Crippen molar-refractivity contribution in [2.24, 2.45) is 7.05 Å². The number of rotatable bonds is 5. The topological polar surface area (TPSA) is 54.3 Å². The highest BCUT2D eigenvalue weighted by Crippen LogP contribution is 2.19. The van der Waals surface area contributed by atoms with Crippen LogP contribution in [-0.2, 0) is 7.05 Å². The lowest BCUT2D eigenvalue weighted by Gasteiger charge is -2.13. The lowest BCUT2D eigenvalue weighted by Crippen LogP contribution is -2.26. The number of aliphatic hydroxyl groups excluding tert-OH is 1. The fourth-order valence-electron chi connectivity index (χ4n) is 2.81. The smallest absolute Gasteiger partial charge is 0.251 e. The second-order valence-corrected chi connectivity index (χ2v) is 5.63. The maximum Gasteiger partial charge on any atom is 0.251 e. The summed E-state index contributed by atoms with van der Waals surface area (Å²) < 4.78 is 1.89. The molecule has 0 saturated heterocycles. The molecular formula is C19H20N2O2. The third-order valence-electron chi connectivity index (χ3n) is 4.06. The zero-order chi connectivity index (χ0) is 16.2. The highest BCUT2D eigenvalue weighted by molar-refractivity contribution is 6.06. The Hall–Kier alpha value is -2.59. The van der Waals surface area contributed by atoms with Gasteiger partial charge in [-0.05, 0) is 35.4 Å². The Balaban J connectivity index is 1.64. The summed E-state index contributed by atoms with van der Waals surface area (Å²) in [6, 6.07) is 17.3. The molecule has 2 aromatic carbocycles. The number of fused-ring (bicyclic) bond motifs is 1. The molecule has 4 nitrogen and oxygen atoms in total. The molecule has 0 aliphatic rings. The zero-order valence-corrected chi connectivity index (χ0v) is 13.1. The second kappa shape index (κ2) is 6.67. The predicted molar refractivity (Wildman–Crippen MR) is 91.3 cm³/mol. The monoisotopic (exact) mass is 308 g/mol. The minimum absolute atomic E-state index is 0.110. The normalized spacial score (nSPS) is 12.3. The first-order valence-electron chi connectivity index (χ1n) is 7.72. The molecule has 0 radical (unpaired) electrons. The minimum atomic E-state index is -0.581. The quantitative estimate of drug-likeness (QED) is 0.761. The molecule has 0 aliphatic heterocycles. The number of carbonyl (C=O) groups excluding carboxylic acids is 1. The number of carbonyl (C=O) groups is 1. The Morgan fingerprint density at radius 3 is 2.70 bits per heavy atom. The van der Waals surface area contributed by atoms with Crippen LogP contribution in [0.25, 0.3) is 10.8 Å². The fourth-order valence-corrected chi connectivity index (χ4v) is 2.81. The van der Waals surface area contributed by atoms with Gasteiger partial charge in [-0.3, -0.25) is 4.79 Å². The van der Waals surface area contributed by atoms with E-state index in [2.05, 4.69) is 5.32 Å². The van der Waals surface area contributed by atoms with Gasteiger partial charge in [0.15, 0.2) is 0 Å². The van der Waals surface area contributed by atoms with Crippen LogP contribution in [0.1, 0.15) is 28.6 Å². The third kappa shape index (κ3) is 3.27. The molecule has 1 heterocycles. The van der Waals surface area contributed by atoms with Crippen molar-refractivity contribution in [1.82, 2.24) is 9.88 Å². The molecule has 118 valence electrons. The van der Waals surface area contributed by atoms with E-state index in [0.29, 0.717) is 18.5 Å². The first-order chi connectivity index (χ1) is 11.2. The van der Waals surface area contributed by atoms with Crippen LogP contribution >= 0.6 is 0 Å². The summed E-state index contributed by atoms with van der Waals surface area (Å²) in [4.78, 5) is 12.4. The van der Waals surface area contributed by atoms with Gasteiger partial charge in [-0.2, -0.15) is 0 Å². The number of aromatic nitrogens is 1. The summed E-state index contributed by atoms with van der Waals surface area (Å²) >= 11 is 0. The van der Waals surface area contributed by atoms with Crippen LogP contribution in [0.5, 0.6) is 0 Å². The van der Waals surface area contributed by atoms with Gasteiger partial charge < -0.3 is 15.0 Å². The molecule has 3 rings (SSSR count). The molecule has 1 aromatic heterocycles. The lowest BCUT2D eigenvalue weighted by molar-refractivity contribution is 0.0943. The van der Waals surface area contributed by atoms with Crippen molar-refractivity contribution in [2.45, 2.75) is 12.5 Å². The van der Waals surface area contributed by atoms with Gasteiger partial charge in [0.05, 0.1) is 6.10 Å². The van der Waals surface area contributed by atoms with Gasteiger partial charge in [0.2, 0.25) is 0 Å². The molecule has 23 heavy (non-hydrogen) atoms. The average molecular weight is 308 g/mol. The van der Waals surface area contributed by atoms with Gasteiger partial charge in [0, 0.05) is 31.0 Å². The molecule has 0 aliphatic carbocycles. The molecule has 1 unspecified atom stereocenters. The van der Waals surface area contributed by atoms with Gasteiger partial charge in [0.25, 0.3) is 5.91 Å². The van der Waals surface area contributed by atoms with Crippen LogP contribution in [0.3, 0.4) is 0 Å². The van der Waals surface area contributed by atoms with Crippen molar-refractivity contribution in [1.29, 1.82) is 0 Å². The van der Waals surface area contributed by atoms with Crippen LogP contribution in [-0.4, -0.2) is 22.1 Å². The number of nitrogens with one attached hydrogen (secondary N) is 1. The standard InChI is InChI=1S/C19H20N2O2/c1-21-13-5-10-17(21)18(22)11-12-20-19(23)16-9-4-7-14-6-2-3-8-15(14)16/h2-10,13,18,22H,11-12H2,1H3,(H,20,23). The largest absolute Gasteiger partial charge is 0.387 e. The molecule has 0 fully saturated rings. The minimum Gasteiger partial charge on any atom is -0.387 e. The number of aliphatic hydroxyl groups is 1. The van der Waals surface area contributed by atoms with Crippen LogP contribution in [0.4, 0.5) is 0 Å². The van der Waals surface area contributed by atoms with E-state index < -0.39 is 6.10 Å². The van der Waals surface area contributed by atoms with E-state index in [9.17, 15) is 9.90 Å². The van der Waals surface area contributed by atoms with E-state index in [1.165, 1.54) is 0 Å². The maximum absolute atomic E-state index is 12.4. The Bertz CT molecular complexity index is 818. The predicted octanol–water partition coefficient (Wildman–Crippen LogP) is 3.03. The number of hydrogen-bond donors (Lipinski definition) is 2. The summed E-state index contributed by atoms with van der Waals surface area (Å²) in [5, 5.41) is 15.1. The molecule has 0 bridgehead atoms. The summed E-state index contributed by atoms with van der Waals surface area (Å²) in [5.74, 6) is -0.110. The molecule has 0 saturated carbocycles. The summed E-state index contributed by atoms with van der Waals surface area (Å²) in [6.07, 6.45) is 1.80. The van der Waals surface area contributed by atoms with Crippen LogP contribution in [0.15, 0.2) is 60.8 Å². The number of hydrogen-bond acceptors (Lipinski definition) is 2. The Kier molecular flexibility index (Phi) is 4.44. The van der Waals surface area contributed by atoms with E-state index in [1.54, 1.807) is 0 Å². The van der Waals surface area contributed by atoms with Crippen molar-refractivity contribution in [3.63, 3.8) is 0 Å². The van der Waals surface area contributed by atoms with Crippen molar-refractivity contribution in [2.75, 3.05) is 6.54 Å². The van der Waals surface area contributed by atoms with Gasteiger partial charge in [-0.15, -0.1) is 0 Å². The van der Waals surface area contributed by atoms with Gasteiger partial charge in [-0.25, -0.2) is 0 Å². The van der Waals surface area contributed by atoms with E-state index >= 15 is 0 Å². The summed E-state index contributed by atoms with van der Waals surface area (Å²) in [5.41, 5.74) is 1.51. The molecule has 2 N–H and O–H groups in total. The van der Waals surface area contributed by atoms with Gasteiger partial charge >= 0.3 is 0 Å². The van der Waals surface area contributed by atoms with Crippen LogP contribution in [0.2, 0.25) is 0 Å². The summed E-state index contributed by atoms with van der Waals surface area (Å²) in [6.45, 7) is 0.425. The van der Waals surface area contributed by atoms with Crippen molar-refractivity contribution < 1.29 is 9.90 Å². The van der Waals surface area contributed by atoms with Gasteiger partial charge in [0.1, 0.15) is 0 Å². The number of benzene rings is 2. The van der Waals surface area contributed by atoms with E-state index in [-0.39, 0.29) is 5.91 Å². The highest BCUT2D eigenvalue weighted by Gasteiger charge is 2.12. The maximum atomic E-state index is 12.4. The second-order valence-electron chi connectivity index (χ2n) is 5.63. The lowest BCUT2D eigenvalue weighted by atomic mass is 10.0. The number of amides is 1. The Morgan fingerprint density at radius 2 is 1.91 bits per heavy atom. The van der Waals surface area contributed by atoms with Crippen LogP contribution < -0.4 is 5.32 Å². The van der Waals surface area contributed by atoms with Crippen molar-refractivity contribution in [3.8, 4) is 0 Å². The highest BCUT2D eigenvalue weighted by atomic mass is 16.3. The van der Waals surface area contributed by atoms with Gasteiger partial charge in [-0.1, -0.05) is 36.4 Å². The van der Waals surface area contributed by atoms with Crippen molar-refractivity contribution in [3.05, 3.63) is 72.1 Å². The van der Waals surface area contributed by atoms with E-state index in [1.807, 2.05) is 72.4 Å². The summed E-state index contributed by atoms with van der Waals surface area (Å²) in [7, 11) is 1.90. The van der Waals surface area contributed by atoms with Crippen LogP contribution in [0, 0.1) is 0 Å². The molecule has 4 heteroatoms. The molecule has 1 amide bonds. The molecular weight excluding hydrogens is 288 g/mol. The Labute approximate surface area is 135 Å². The molecule has 1 atom stereocenters. The third-order valence-corrected chi connectivity index (χ3v) is 4.06. The first kappa shape index (κ1) is 15.3. The van der Waals surface area contributed by atoms with E-state index in [4.69, 9.17) is 0 Å². The SMILES string of the molecule is Cn1cccc1C(O)CCNC(=O)c1cccc2ccccc12. The van der Waals surface area contributed by atoms with Crippen molar-refractivity contribution >= 4 is 16.7 Å². The number of nitrogens with zero attached hydrogens (tertiary/aromatic N) is 1. The molecule has 0 spiro atoms. The zero-order valence-electron chi connectivity index (χ0n) is 13.1. The first-order valence-corrected chi connectivity index (χ1v) is 7.72. The molecule has 3 aromatic rings. The number of aryl methyl sites for hydroxylation is 1. The Morgan fingerprint density at radius 1 is 1.13 bits per heavy atom.